The molecule has 1 amide bonds. The molecule has 0 fully saturated rings. The lowest BCUT2D eigenvalue weighted by Crippen LogP contribution is -2.35. The second-order valence-electron chi connectivity index (χ2n) is 4.88. The van der Waals surface area contributed by atoms with Crippen LogP contribution in [0, 0.1) is 0 Å². The third-order valence-corrected chi connectivity index (χ3v) is 2.94. The Labute approximate surface area is 134 Å². The van der Waals surface area contributed by atoms with Crippen LogP contribution < -0.4 is 5.32 Å². The van der Waals surface area contributed by atoms with Gasteiger partial charge in [-0.15, -0.1) is 0 Å². The molecule has 0 radical (unpaired) electrons. The molecule has 0 bridgehead atoms. The van der Waals surface area contributed by atoms with Crippen LogP contribution in [0.15, 0.2) is 40.9 Å². The summed E-state index contributed by atoms with van der Waals surface area (Å²) in [6.07, 6.45) is -3.84. The highest BCUT2D eigenvalue weighted by Crippen LogP contribution is 2.22. The molecule has 0 aliphatic rings. The van der Waals surface area contributed by atoms with Crippen molar-refractivity contribution in [3.63, 3.8) is 0 Å². The summed E-state index contributed by atoms with van der Waals surface area (Å²) in [6, 6.07) is 10.8. The number of halogens is 4. The Morgan fingerprint density at radius 3 is 2.67 bits per heavy atom. The average molecular weight is 346 g/mol. The lowest BCUT2D eigenvalue weighted by Gasteiger charge is -2.14. The molecule has 0 unspecified atom stereocenters. The summed E-state index contributed by atoms with van der Waals surface area (Å²) in [5, 5.41) is 6.19. The van der Waals surface area contributed by atoms with Crippen LogP contribution in [0.5, 0.6) is 0 Å². The molecule has 1 N–H and O–H groups in total. The molecular formula is C15H14F4N2O3. The van der Waals surface area contributed by atoms with Gasteiger partial charge in [0.1, 0.15) is 18.9 Å². The molecule has 0 saturated heterocycles. The van der Waals surface area contributed by atoms with Gasteiger partial charge in [-0.2, -0.15) is 8.78 Å². The van der Waals surface area contributed by atoms with Crippen LogP contribution in [0.1, 0.15) is 5.76 Å². The number of carbonyl (C=O) groups excluding carboxylic acids is 1. The van der Waals surface area contributed by atoms with Gasteiger partial charge >= 0.3 is 12.3 Å². The number of nitrogens with one attached hydrogen (secondary N) is 1. The molecule has 0 spiro atoms. The highest BCUT2D eigenvalue weighted by molar-refractivity contribution is 5.77. The Morgan fingerprint density at radius 2 is 2.00 bits per heavy atom. The summed E-state index contributed by atoms with van der Waals surface area (Å²) in [5.74, 6) is -4.67. The molecule has 0 aliphatic heterocycles. The smallest absolute Gasteiger partial charge is 0.330 e. The van der Waals surface area contributed by atoms with Gasteiger partial charge < -0.3 is 14.6 Å². The van der Waals surface area contributed by atoms with Gasteiger partial charge in [-0.05, 0) is 0 Å². The summed E-state index contributed by atoms with van der Waals surface area (Å²) < 4.78 is 58.3. The van der Waals surface area contributed by atoms with E-state index in [-0.39, 0.29) is 6.54 Å². The maximum absolute atomic E-state index is 12.6. The van der Waals surface area contributed by atoms with Gasteiger partial charge in [0.15, 0.2) is 5.76 Å². The normalized spacial score (nSPS) is 11.7. The van der Waals surface area contributed by atoms with E-state index in [1.54, 1.807) is 6.07 Å². The molecule has 5 nitrogen and oxygen atoms in total. The molecule has 1 aromatic heterocycles. The summed E-state index contributed by atoms with van der Waals surface area (Å²) in [7, 11) is 0. The maximum Gasteiger partial charge on any atom is 0.330 e. The highest BCUT2D eigenvalue weighted by atomic mass is 19.3. The van der Waals surface area contributed by atoms with Gasteiger partial charge in [-0.3, -0.25) is 4.79 Å². The first kappa shape index (κ1) is 17.9. The van der Waals surface area contributed by atoms with Gasteiger partial charge in [-0.25, -0.2) is 8.78 Å². The lowest BCUT2D eigenvalue weighted by atomic mass is 10.1. The van der Waals surface area contributed by atoms with Gasteiger partial charge in [-0.1, -0.05) is 35.5 Å². The Hall–Kier alpha value is -2.42. The first-order valence-electron chi connectivity index (χ1n) is 6.90. The second kappa shape index (κ2) is 7.91. The van der Waals surface area contributed by atoms with E-state index >= 15 is 0 Å². The Morgan fingerprint density at radius 1 is 1.29 bits per heavy atom. The summed E-state index contributed by atoms with van der Waals surface area (Å²) >= 11 is 0. The van der Waals surface area contributed by atoms with E-state index in [1.165, 1.54) is 0 Å². The third kappa shape index (κ3) is 5.05. The van der Waals surface area contributed by atoms with E-state index in [0.717, 1.165) is 5.56 Å². The monoisotopic (exact) mass is 346 g/mol. The number of benzene rings is 1. The van der Waals surface area contributed by atoms with E-state index in [0.29, 0.717) is 11.5 Å². The number of rotatable bonds is 8. The van der Waals surface area contributed by atoms with Crippen molar-refractivity contribution in [2.24, 2.45) is 0 Å². The van der Waals surface area contributed by atoms with Gasteiger partial charge in [0.05, 0.1) is 6.54 Å². The predicted molar refractivity (Wildman–Crippen MR) is 75.6 cm³/mol. The van der Waals surface area contributed by atoms with E-state index in [2.05, 4.69) is 15.2 Å². The summed E-state index contributed by atoms with van der Waals surface area (Å²) in [4.78, 5) is 11.4. The van der Waals surface area contributed by atoms with Crippen LogP contribution >= 0.6 is 0 Å². The van der Waals surface area contributed by atoms with Crippen molar-refractivity contribution in [2.45, 2.75) is 18.9 Å². The fourth-order valence-electron chi connectivity index (χ4n) is 1.72. The lowest BCUT2D eigenvalue weighted by molar-refractivity contribution is -0.168. The highest BCUT2D eigenvalue weighted by Gasteiger charge is 2.41. The molecule has 1 heterocycles. The zero-order valence-electron chi connectivity index (χ0n) is 12.3. The standard InChI is InChI=1S/C15H14F4N2O3/c16-14(17)15(18,19)9-23-8-13(22)20-7-11-6-12(21-24-11)10-4-2-1-3-5-10/h1-6,14H,7-9H2,(H,20,22). The number of carbonyl (C=O) groups is 1. The quantitative estimate of drug-likeness (QED) is 0.747. The minimum Gasteiger partial charge on any atom is -0.365 e. The molecule has 1 aromatic carbocycles. The number of nitrogens with zero attached hydrogens (tertiary/aromatic N) is 1. The molecule has 130 valence electrons. The van der Waals surface area contributed by atoms with Crippen LogP contribution in [0.4, 0.5) is 17.6 Å². The molecule has 2 rings (SSSR count). The predicted octanol–water partition coefficient (Wildman–Crippen LogP) is 2.87. The van der Waals surface area contributed by atoms with Crippen molar-refractivity contribution in [3.05, 3.63) is 42.2 Å². The molecule has 0 aliphatic carbocycles. The number of aromatic nitrogens is 1. The van der Waals surface area contributed by atoms with Crippen LogP contribution in [0.2, 0.25) is 0 Å². The van der Waals surface area contributed by atoms with Crippen LogP contribution in [-0.4, -0.2) is 36.6 Å². The fourth-order valence-corrected chi connectivity index (χ4v) is 1.72. The van der Waals surface area contributed by atoms with Crippen molar-refractivity contribution in [1.82, 2.24) is 10.5 Å². The fraction of sp³-hybridized carbons (Fsp3) is 0.333. The van der Waals surface area contributed by atoms with Crippen molar-refractivity contribution in [1.29, 1.82) is 0 Å². The van der Waals surface area contributed by atoms with E-state index in [9.17, 15) is 22.4 Å². The second-order valence-corrected chi connectivity index (χ2v) is 4.88. The Kier molecular flexibility index (Phi) is 5.91. The van der Waals surface area contributed by atoms with Gasteiger partial charge in [0, 0.05) is 11.6 Å². The van der Waals surface area contributed by atoms with Gasteiger partial charge in [0.2, 0.25) is 5.91 Å². The maximum atomic E-state index is 12.6. The summed E-state index contributed by atoms with van der Waals surface area (Å²) in [5.41, 5.74) is 1.41. The van der Waals surface area contributed by atoms with Crippen LogP contribution in [0.3, 0.4) is 0 Å². The molecule has 24 heavy (non-hydrogen) atoms. The van der Waals surface area contributed by atoms with Crippen LogP contribution in [-0.2, 0) is 16.1 Å². The average Bonchev–Trinajstić information content (AvgIpc) is 3.02. The molecule has 0 atom stereocenters. The molecule has 2 aromatic rings. The first-order valence-corrected chi connectivity index (χ1v) is 6.90. The van der Waals surface area contributed by atoms with Crippen LogP contribution in [0.25, 0.3) is 11.3 Å². The zero-order valence-corrected chi connectivity index (χ0v) is 12.3. The number of ether oxygens (including phenoxy) is 1. The first-order chi connectivity index (χ1) is 11.4. The van der Waals surface area contributed by atoms with Crippen molar-refractivity contribution < 1.29 is 31.6 Å². The minimum absolute atomic E-state index is 0.0345. The Balaban J connectivity index is 1.76. The molecule has 9 heteroatoms. The van der Waals surface area contributed by atoms with Crippen molar-refractivity contribution >= 4 is 5.91 Å². The summed E-state index contributed by atoms with van der Waals surface area (Å²) in [6.45, 7) is -2.33. The molecule has 0 saturated carbocycles. The number of hydrogen-bond acceptors (Lipinski definition) is 4. The number of hydrogen-bond donors (Lipinski definition) is 1. The zero-order chi connectivity index (χ0) is 17.6. The number of amides is 1. The van der Waals surface area contributed by atoms with E-state index < -0.39 is 31.5 Å². The van der Waals surface area contributed by atoms with E-state index in [4.69, 9.17) is 4.52 Å². The van der Waals surface area contributed by atoms with Crippen molar-refractivity contribution in [3.8, 4) is 11.3 Å². The number of alkyl halides is 4. The largest absolute Gasteiger partial charge is 0.365 e. The van der Waals surface area contributed by atoms with Gasteiger partial charge in [0.25, 0.3) is 0 Å². The molecular weight excluding hydrogens is 332 g/mol. The van der Waals surface area contributed by atoms with Crippen molar-refractivity contribution in [2.75, 3.05) is 13.2 Å². The SMILES string of the molecule is O=C(COCC(F)(F)C(F)F)NCc1cc(-c2ccccc2)no1. The Bertz CT molecular complexity index is 662. The minimum atomic E-state index is -4.28. The third-order valence-electron chi connectivity index (χ3n) is 2.94. The van der Waals surface area contributed by atoms with E-state index in [1.807, 2.05) is 30.3 Å². The topological polar surface area (TPSA) is 64.4 Å².